The molecule has 134 valence electrons. The molecular formula is C19H19FN4O2. The van der Waals surface area contributed by atoms with E-state index in [-0.39, 0.29) is 18.1 Å². The minimum absolute atomic E-state index is 0.0585. The Morgan fingerprint density at radius 2 is 1.88 bits per heavy atom. The smallest absolute Gasteiger partial charge is 0.197 e. The highest BCUT2D eigenvalue weighted by Gasteiger charge is 2.24. The Kier molecular flexibility index (Phi) is 4.48. The average molecular weight is 354 g/mol. The van der Waals surface area contributed by atoms with Gasteiger partial charge in [-0.1, -0.05) is 0 Å². The summed E-state index contributed by atoms with van der Waals surface area (Å²) in [5, 5.41) is 4.47. The van der Waals surface area contributed by atoms with Crippen LogP contribution >= 0.6 is 0 Å². The Labute approximate surface area is 150 Å². The molecule has 0 atom stereocenters. The molecule has 1 aliphatic rings. The molecule has 0 unspecified atom stereocenters. The fourth-order valence-electron chi connectivity index (χ4n) is 3.12. The second-order valence-corrected chi connectivity index (χ2v) is 6.37. The lowest BCUT2D eigenvalue weighted by Crippen LogP contribution is -2.39. The van der Waals surface area contributed by atoms with E-state index in [9.17, 15) is 9.18 Å². The maximum atomic E-state index is 13.3. The molecule has 0 amide bonds. The zero-order valence-corrected chi connectivity index (χ0v) is 14.5. The van der Waals surface area contributed by atoms with Crippen molar-refractivity contribution in [2.24, 2.45) is 0 Å². The Morgan fingerprint density at radius 3 is 2.62 bits per heavy atom. The van der Waals surface area contributed by atoms with Crippen LogP contribution in [-0.4, -0.2) is 58.1 Å². The summed E-state index contributed by atoms with van der Waals surface area (Å²) in [6.07, 6.45) is 0. The van der Waals surface area contributed by atoms with Gasteiger partial charge in [-0.25, -0.2) is 13.9 Å². The number of ether oxygens (including phenoxy) is 1. The van der Waals surface area contributed by atoms with Gasteiger partial charge in [-0.05, 0) is 43.3 Å². The Hall–Kier alpha value is -2.64. The molecule has 1 aromatic carbocycles. The molecule has 6 nitrogen and oxygen atoms in total. The quantitative estimate of drug-likeness (QED) is 0.673. The number of benzene rings is 1. The molecule has 1 saturated heterocycles. The van der Waals surface area contributed by atoms with Crippen LogP contribution in [0.4, 0.5) is 4.39 Å². The molecule has 1 fully saturated rings. The number of hydrogen-bond acceptors (Lipinski definition) is 5. The van der Waals surface area contributed by atoms with Crippen LogP contribution in [0.15, 0.2) is 36.4 Å². The van der Waals surface area contributed by atoms with Crippen LogP contribution in [0.2, 0.25) is 0 Å². The molecule has 3 aromatic rings. The van der Waals surface area contributed by atoms with Gasteiger partial charge >= 0.3 is 0 Å². The molecule has 0 radical (unpaired) electrons. The first-order valence-corrected chi connectivity index (χ1v) is 8.57. The summed E-state index contributed by atoms with van der Waals surface area (Å²) in [5.41, 5.74) is 3.05. The van der Waals surface area contributed by atoms with Crippen molar-refractivity contribution in [2.45, 2.75) is 6.92 Å². The molecule has 26 heavy (non-hydrogen) atoms. The first-order valence-electron chi connectivity index (χ1n) is 8.57. The third kappa shape index (κ3) is 3.23. The summed E-state index contributed by atoms with van der Waals surface area (Å²) in [5.74, 6) is -0.385. The Bertz CT molecular complexity index is 946. The summed E-state index contributed by atoms with van der Waals surface area (Å²) in [4.78, 5) is 19.7. The van der Waals surface area contributed by atoms with Crippen molar-refractivity contribution in [2.75, 3.05) is 32.8 Å². The number of halogens is 1. The molecule has 0 aliphatic carbocycles. The lowest BCUT2D eigenvalue weighted by atomic mass is 10.1. The van der Waals surface area contributed by atoms with E-state index >= 15 is 0 Å². The average Bonchev–Trinajstić information content (AvgIpc) is 3.01. The molecule has 0 bridgehead atoms. The van der Waals surface area contributed by atoms with Gasteiger partial charge in [0.2, 0.25) is 0 Å². The number of nitrogens with zero attached hydrogens (tertiary/aromatic N) is 4. The summed E-state index contributed by atoms with van der Waals surface area (Å²) in [6.45, 7) is 4.85. The lowest BCUT2D eigenvalue weighted by molar-refractivity contribution is 0.0370. The van der Waals surface area contributed by atoms with Gasteiger partial charge in [-0.3, -0.25) is 9.69 Å². The maximum Gasteiger partial charge on any atom is 0.197 e. The molecule has 2 aromatic heterocycles. The van der Waals surface area contributed by atoms with E-state index in [0.717, 1.165) is 18.8 Å². The van der Waals surface area contributed by atoms with Gasteiger partial charge in [-0.15, -0.1) is 0 Å². The van der Waals surface area contributed by atoms with E-state index in [1.165, 1.54) is 12.1 Å². The van der Waals surface area contributed by atoms with Gasteiger partial charge in [0.25, 0.3) is 0 Å². The van der Waals surface area contributed by atoms with Crippen molar-refractivity contribution in [3.63, 3.8) is 0 Å². The highest BCUT2D eigenvalue weighted by molar-refractivity contribution is 6.02. The number of morpholine rings is 1. The van der Waals surface area contributed by atoms with Crippen LogP contribution in [0.3, 0.4) is 0 Å². The van der Waals surface area contributed by atoms with E-state index in [1.54, 1.807) is 16.6 Å². The van der Waals surface area contributed by atoms with Crippen LogP contribution in [-0.2, 0) is 4.74 Å². The highest BCUT2D eigenvalue weighted by Crippen LogP contribution is 2.25. The number of rotatable bonds is 4. The second-order valence-electron chi connectivity index (χ2n) is 6.37. The highest BCUT2D eigenvalue weighted by atomic mass is 19.1. The molecule has 3 heterocycles. The fraction of sp³-hybridized carbons (Fsp3) is 0.316. The molecule has 0 N–H and O–H groups in total. The molecular weight excluding hydrogens is 335 g/mol. The fourth-order valence-corrected chi connectivity index (χ4v) is 3.12. The van der Waals surface area contributed by atoms with Crippen molar-refractivity contribution in [1.82, 2.24) is 19.5 Å². The van der Waals surface area contributed by atoms with E-state index in [4.69, 9.17) is 4.74 Å². The minimum atomic E-state index is -0.326. The maximum absolute atomic E-state index is 13.3. The number of aryl methyl sites for hydroxylation is 1. The number of imidazole rings is 1. The number of carbonyl (C=O) groups excluding carboxylic acids is 1. The number of fused-ring (bicyclic) bond motifs is 1. The summed E-state index contributed by atoms with van der Waals surface area (Å²) in [6, 6.07) is 9.70. The zero-order chi connectivity index (χ0) is 18.1. The van der Waals surface area contributed by atoms with Crippen LogP contribution < -0.4 is 0 Å². The van der Waals surface area contributed by atoms with Crippen LogP contribution in [0.25, 0.3) is 16.9 Å². The van der Waals surface area contributed by atoms with E-state index in [0.29, 0.717) is 35.8 Å². The van der Waals surface area contributed by atoms with Crippen LogP contribution in [0.5, 0.6) is 0 Å². The molecule has 0 spiro atoms. The predicted octanol–water partition coefficient (Wildman–Crippen LogP) is 2.36. The normalized spacial score (nSPS) is 15.5. The van der Waals surface area contributed by atoms with Gasteiger partial charge < -0.3 is 4.74 Å². The van der Waals surface area contributed by atoms with Crippen molar-refractivity contribution < 1.29 is 13.9 Å². The second kappa shape index (κ2) is 6.93. The Morgan fingerprint density at radius 1 is 1.15 bits per heavy atom. The number of carbonyl (C=O) groups is 1. The zero-order valence-electron chi connectivity index (χ0n) is 14.5. The van der Waals surface area contributed by atoms with Gasteiger partial charge in [0.05, 0.1) is 25.5 Å². The monoisotopic (exact) mass is 354 g/mol. The van der Waals surface area contributed by atoms with E-state index in [2.05, 4.69) is 15.0 Å². The third-order valence-corrected chi connectivity index (χ3v) is 4.46. The van der Waals surface area contributed by atoms with Gasteiger partial charge in [0, 0.05) is 18.7 Å². The number of hydrogen-bond donors (Lipinski definition) is 0. The topological polar surface area (TPSA) is 59.7 Å². The molecule has 7 heteroatoms. The molecule has 0 saturated carbocycles. The van der Waals surface area contributed by atoms with E-state index < -0.39 is 0 Å². The van der Waals surface area contributed by atoms with Gasteiger partial charge in [-0.2, -0.15) is 5.10 Å². The summed E-state index contributed by atoms with van der Waals surface area (Å²) in [7, 11) is 0. The SMILES string of the molecule is Cc1ccc2nc(-c3ccc(F)cc3)c(C(=O)CN3CCOCC3)n2n1. The van der Waals surface area contributed by atoms with Crippen molar-refractivity contribution in [1.29, 1.82) is 0 Å². The summed E-state index contributed by atoms with van der Waals surface area (Å²) >= 11 is 0. The third-order valence-electron chi connectivity index (χ3n) is 4.46. The van der Waals surface area contributed by atoms with Crippen molar-refractivity contribution in [3.8, 4) is 11.3 Å². The standard InChI is InChI=1S/C19H19FN4O2/c1-13-2-7-17-21-18(14-3-5-15(20)6-4-14)19(24(17)22-13)16(25)12-23-8-10-26-11-9-23/h2-7H,8-12H2,1H3. The minimum Gasteiger partial charge on any atom is -0.379 e. The number of Topliss-reactive ketones (excluding diaryl/α,β-unsaturated/α-hetero) is 1. The lowest BCUT2D eigenvalue weighted by Gasteiger charge is -2.25. The molecule has 4 rings (SSSR count). The summed E-state index contributed by atoms with van der Waals surface area (Å²) < 4.78 is 20.2. The van der Waals surface area contributed by atoms with Gasteiger partial charge in [0.1, 0.15) is 17.2 Å². The van der Waals surface area contributed by atoms with Gasteiger partial charge in [0.15, 0.2) is 11.4 Å². The predicted molar refractivity (Wildman–Crippen MR) is 94.7 cm³/mol. The van der Waals surface area contributed by atoms with Crippen LogP contribution in [0.1, 0.15) is 16.2 Å². The number of ketones is 1. The first-order chi connectivity index (χ1) is 12.6. The Balaban J connectivity index is 1.79. The van der Waals surface area contributed by atoms with Crippen molar-refractivity contribution >= 4 is 11.4 Å². The largest absolute Gasteiger partial charge is 0.379 e. The first kappa shape index (κ1) is 16.8. The van der Waals surface area contributed by atoms with Crippen LogP contribution in [0, 0.1) is 12.7 Å². The number of aromatic nitrogens is 3. The van der Waals surface area contributed by atoms with E-state index in [1.807, 2.05) is 19.1 Å². The molecule has 1 aliphatic heterocycles. The van der Waals surface area contributed by atoms with Crippen molar-refractivity contribution in [3.05, 3.63) is 53.6 Å².